The van der Waals surface area contributed by atoms with E-state index >= 15 is 0 Å². The minimum atomic E-state index is -0.0202. The van der Waals surface area contributed by atoms with E-state index in [-0.39, 0.29) is 11.9 Å². The SMILES string of the molecule is Cc1ncsc1C(=O)NC(CBr)C(C)C. The van der Waals surface area contributed by atoms with Crippen molar-refractivity contribution in [1.82, 2.24) is 10.3 Å². The first kappa shape index (κ1) is 12.6. The molecule has 0 saturated heterocycles. The van der Waals surface area contributed by atoms with Crippen molar-refractivity contribution < 1.29 is 4.79 Å². The zero-order chi connectivity index (χ0) is 11.4. The van der Waals surface area contributed by atoms with Gasteiger partial charge in [-0.2, -0.15) is 0 Å². The Morgan fingerprint density at radius 1 is 1.67 bits per heavy atom. The number of thiazole rings is 1. The standard InChI is InChI=1S/C10H15BrN2OS/c1-6(2)8(4-11)13-10(14)9-7(3)12-5-15-9/h5-6,8H,4H2,1-3H3,(H,13,14). The number of nitrogens with one attached hydrogen (secondary N) is 1. The second-order valence-electron chi connectivity index (χ2n) is 3.75. The van der Waals surface area contributed by atoms with Crippen molar-refractivity contribution in [2.24, 2.45) is 5.92 Å². The van der Waals surface area contributed by atoms with Gasteiger partial charge in [-0.25, -0.2) is 4.98 Å². The predicted molar refractivity (Wildman–Crippen MR) is 66.7 cm³/mol. The Balaban J connectivity index is 2.67. The molecule has 0 saturated carbocycles. The fraction of sp³-hybridized carbons (Fsp3) is 0.600. The van der Waals surface area contributed by atoms with E-state index in [1.54, 1.807) is 5.51 Å². The third-order valence-corrected chi connectivity index (χ3v) is 3.86. The highest BCUT2D eigenvalue weighted by Crippen LogP contribution is 2.13. The van der Waals surface area contributed by atoms with Crippen LogP contribution in [-0.2, 0) is 0 Å². The molecule has 0 radical (unpaired) electrons. The normalized spacial score (nSPS) is 12.9. The van der Waals surface area contributed by atoms with Crippen LogP contribution in [0.4, 0.5) is 0 Å². The molecule has 0 aromatic carbocycles. The number of carbonyl (C=O) groups excluding carboxylic acids is 1. The molecule has 15 heavy (non-hydrogen) atoms. The summed E-state index contributed by atoms with van der Waals surface area (Å²) in [4.78, 5) is 16.6. The number of hydrogen-bond acceptors (Lipinski definition) is 3. The van der Waals surface area contributed by atoms with E-state index in [0.29, 0.717) is 10.8 Å². The van der Waals surface area contributed by atoms with E-state index in [1.807, 2.05) is 6.92 Å². The van der Waals surface area contributed by atoms with Crippen molar-refractivity contribution in [1.29, 1.82) is 0 Å². The molecular weight excluding hydrogens is 276 g/mol. The van der Waals surface area contributed by atoms with Crippen LogP contribution < -0.4 is 5.32 Å². The Morgan fingerprint density at radius 3 is 2.73 bits per heavy atom. The molecular formula is C10H15BrN2OS. The van der Waals surface area contributed by atoms with Gasteiger partial charge in [-0.15, -0.1) is 11.3 Å². The number of carbonyl (C=O) groups is 1. The van der Waals surface area contributed by atoms with Crippen LogP contribution in [0.25, 0.3) is 0 Å². The number of rotatable bonds is 4. The lowest BCUT2D eigenvalue weighted by molar-refractivity contribution is 0.0935. The molecule has 0 aliphatic rings. The molecule has 3 nitrogen and oxygen atoms in total. The summed E-state index contributed by atoms with van der Waals surface area (Å²) in [6.07, 6.45) is 0. The smallest absolute Gasteiger partial charge is 0.263 e. The maximum atomic E-state index is 11.8. The quantitative estimate of drug-likeness (QED) is 0.866. The van der Waals surface area contributed by atoms with Gasteiger partial charge in [-0.05, 0) is 12.8 Å². The third-order valence-electron chi connectivity index (χ3n) is 2.24. The van der Waals surface area contributed by atoms with Crippen molar-refractivity contribution in [3.8, 4) is 0 Å². The predicted octanol–water partition coefficient (Wildman–Crippen LogP) is 2.60. The van der Waals surface area contributed by atoms with Crippen LogP contribution in [0.15, 0.2) is 5.51 Å². The minimum absolute atomic E-state index is 0.0202. The Morgan fingerprint density at radius 2 is 2.33 bits per heavy atom. The van der Waals surface area contributed by atoms with Crippen LogP contribution in [0.5, 0.6) is 0 Å². The zero-order valence-corrected chi connectivity index (χ0v) is 11.5. The number of aromatic nitrogens is 1. The van der Waals surface area contributed by atoms with Gasteiger partial charge in [-0.3, -0.25) is 4.79 Å². The highest BCUT2D eigenvalue weighted by atomic mass is 79.9. The van der Waals surface area contributed by atoms with Crippen molar-refractivity contribution >= 4 is 33.2 Å². The molecule has 1 atom stereocenters. The first-order valence-corrected chi connectivity index (χ1v) is 6.83. The van der Waals surface area contributed by atoms with E-state index in [9.17, 15) is 4.79 Å². The van der Waals surface area contributed by atoms with Crippen LogP contribution in [0.2, 0.25) is 0 Å². The molecule has 0 aliphatic heterocycles. The van der Waals surface area contributed by atoms with Gasteiger partial charge >= 0.3 is 0 Å². The molecule has 0 fully saturated rings. The number of nitrogens with zero attached hydrogens (tertiary/aromatic N) is 1. The van der Waals surface area contributed by atoms with Crippen LogP contribution in [0.3, 0.4) is 0 Å². The third kappa shape index (κ3) is 3.28. The summed E-state index contributed by atoms with van der Waals surface area (Å²) in [5.74, 6) is 0.398. The van der Waals surface area contributed by atoms with Crippen molar-refractivity contribution in [2.75, 3.05) is 5.33 Å². The molecule has 1 aromatic rings. The summed E-state index contributed by atoms with van der Waals surface area (Å²) < 4.78 is 0. The number of amides is 1. The van der Waals surface area contributed by atoms with Gasteiger partial charge < -0.3 is 5.32 Å². The lowest BCUT2D eigenvalue weighted by atomic mass is 10.1. The zero-order valence-electron chi connectivity index (χ0n) is 9.08. The topological polar surface area (TPSA) is 42.0 Å². The minimum Gasteiger partial charge on any atom is -0.347 e. The summed E-state index contributed by atoms with van der Waals surface area (Å²) in [5, 5.41) is 3.77. The molecule has 1 aromatic heterocycles. The highest BCUT2D eigenvalue weighted by molar-refractivity contribution is 9.09. The first-order chi connectivity index (χ1) is 7.06. The Hall–Kier alpha value is -0.420. The van der Waals surface area contributed by atoms with Crippen LogP contribution in [0.1, 0.15) is 29.2 Å². The lowest BCUT2D eigenvalue weighted by Crippen LogP contribution is -2.39. The maximum Gasteiger partial charge on any atom is 0.263 e. The van der Waals surface area contributed by atoms with Crippen molar-refractivity contribution in [3.05, 3.63) is 16.1 Å². The molecule has 1 amide bonds. The van der Waals surface area contributed by atoms with E-state index < -0.39 is 0 Å². The maximum absolute atomic E-state index is 11.8. The monoisotopic (exact) mass is 290 g/mol. The average molecular weight is 291 g/mol. The van der Waals surface area contributed by atoms with E-state index in [2.05, 4.69) is 40.1 Å². The molecule has 5 heteroatoms. The van der Waals surface area contributed by atoms with Gasteiger partial charge in [0.2, 0.25) is 0 Å². The number of aryl methyl sites for hydroxylation is 1. The van der Waals surface area contributed by atoms with Gasteiger partial charge in [0.1, 0.15) is 4.88 Å². The number of alkyl halides is 1. The van der Waals surface area contributed by atoms with Gasteiger partial charge in [0.15, 0.2) is 0 Å². The first-order valence-electron chi connectivity index (χ1n) is 4.83. The second-order valence-corrected chi connectivity index (χ2v) is 5.25. The van der Waals surface area contributed by atoms with E-state index in [4.69, 9.17) is 0 Å². The Kier molecular flexibility index (Phi) is 4.73. The van der Waals surface area contributed by atoms with Gasteiger partial charge in [-0.1, -0.05) is 29.8 Å². The fourth-order valence-electron chi connectivity index (χ4n) is 1.14. The van der Waals surface area contributed by atoms with Crippen LogP contribution in [-0.4, -0.2) is 22.3 Å². The summed E-state index contributed by atoms with van der Waals surface area (Å²) in [6, 6.07) is 0.166. The lowest BCUT2D eigenvalue weighted by Gasteiger charge is -2.19. The summed E-state index contributed by atoms with van der Waals surface area (Å²) in [5.41, 5.74) is 2.50. The van der Waals surface area contributed by atoms with Gasteiger partial charge in [0, 0.05) is 11.4 Å². The average Bonchev–Trinajstić information content (AvgIpc) is 2.60. The van der Waals surface area contributed by atoms with E-state index in [0.717, 1.165) is 11.0 Å². The van der Waals surface area contributed by atoms with Crippen LogP contribution >= 0.6 is 27.3 Å². The van der Waals surface area contributed by atoms with Gasteiger partial charge in [0.05, 0.1) is 11.2 Å². The molecule has 84 valence electrons. The molecule has 1 unspecified atom stereocenters. The second kappa shape index (κ2) is 5.61. The van der Waals surface area contributed by atoms with Gasteiger partial charge in [0.25, 0.3) is 5.91 Å². The molecule has 0 bridgehead atoms. The van der Waals surface area contributed by atoms with Crippen LogP contribution in [0, 0.1) is 12.8 Å². The molecule has 1 N–H and O–H groups in total. The van der Waals surface area contributed by atoms with Crippen molar-refractivity contribution in [2.45, 2.75) is 26.8 Å². The number of halogens is 1. The van der Waals surface area contributed by atoms with E-state index in [1.165, 1.54) is 11.3 Å². The summed E-state index contributed by atoms with van der Waals surface area (Å²) in [6.45, 7) is 6.03. The summed E-state index contributed by atoms with van der Waals surface area (Å²) >= 11 is 4.78. The Labute approximate surface area is 102 Å². The Bertz CT molecular complexity index is 338. The largest absolute Gasteiger partial charge is 0.347 e. The molecule has 0 spiro atoms. The van der Waals surface area contributed by atoms with Crippen molar-refractivity contribution in [3.63, 3.8) is 0 Å². The number of hydrogen-bond donors (Lipinski definition) is 1. The molecule has 0 aliphatic carbocycles. The fourth-order valence-corrected chi connectivity index (χ4v) is 2.75. The molecule has 1 heterocycles. The highest BCUT2D eigenvalue weighted by Gasteiger charge is 2.18. The molecule has 1 rings (SSSR count). The summed E-state index contributed by atoms with van der Waals surface area (Å²) in [7, 11) is 0.